The summed E-state index contributed by atoms with van der Waals surface area (Å²) in [6.45, 7) is 5.17. The Morgan fingerprint density at radius 2 is 1.71 bits per heavy atom. The van der Waals surface area contributed by atoms with Gasteiger partial charge in [0.25, 0.3) is 5.24 Å². The summed E-state index contributed by atoms with van der Waals surface area (Å²) in [5.74, 6) is 0.537. The first-order chi connectivity index (χ1) is 15.0. The standard InChI is InChI=1S/C22H25N3O5S/c1-2-29-20(26)17-5-7-18(8-6-17)24-21(27)30-19-9-3-16(4-10-19)15-31-22(28)25-13-11-23-12-14-25/h3-10,23H,2,11-15H2,1H3,(H,24,27). The van der Waals surface area contributed by atoms with Crippen LogP contribution < -0.4 is 15.4 Å². The second kappa shape index (κ2) is 11.4. The molecule has 8 nitrogen and oxygen atoms in total. The van der Waals surface area contributed by atoms with Gasteiger partial charge >= 0.3 is 12.1 Å². The second-order valence-corrected chi connectivity index (χ2v) is 7.67. The highest BCUT2D eigenvalue weighted by molar-refractivity contribution is 8.12. The second-order valence-electron chi connectivity index (χ2n) is 6.75. The molecule has 2 N–H and O–H groups in total. The van der Waals surface area contributed by atoms with E-state index in [2.05, 4.69) is 10.6 Å². The summed E-state index contributed by atoms with van der Waals surface area (Å²) in [7, 11) is 0. The van der Waals surface area contributed by atoms with Crippen molar-refractivity contribution in [2.24, 2.45) is 0 Å². The van der Waals surface area contributed by atoms with E-state index in [0.29, 0.717) is 29.4 Å². The van der Waals surface area contributed by atoms with E-state index in [4.69, 9.17) is 9.47 Å². The molecular formula is C22H25N3O5S. The number of thioether (sulfide) groups is 1. The molecular weight excluding hydrogens is 418 g/mol. The largest absolute Gasteiger partial charge is 0.462 e. The van der Waals surface area contributed by atoms with E-state index < -0.39 is 12.1 Å². The summed E-state index contributed by atoms with van der Waals surface area (Å²) in [4.78, 5) is 37.8. The number of benzene rings is 2. The topological polar surface area (TPSA) is 97.0 Å². The van der Waals surface area contributed by atoms with E-state index in [9.17, 15) is 14.4 Å². The van der Waals surface area contributed by atoms with Crippen LogP contribution in [0.5, 0.6) is 5.75 Å². The Morgan fingerprint density at radius 1 is 1.03 bits per heavy atom. The molecule has 1 heterocycles. The first kappa shape index (κ1) is 22.6. The zero-order valence-corrected chi connectivity index (χ0v) is 18.1. The van der Waals surface area contributed by atoms with Gasteiger partial charge in [-0.15, -0.1) is 0 Å². The molecule has 1 aliphatic rings. The number of ether oxygens (including phenoxy) is 2. The molecule has 2 aromatic carbocycles. The number of nitrogens with zero attached hydrogens (tertiary/aromatic N) is 1. The summed E-state index contributed by atoms with van der Waals surface area (Å²) in [6, 6.07) is 13.4. The lowest BCUT2D eigenvalue weighted by molar-refractivity contribution is 0.0526. The van der Waals surface area contributed by atoms with E-state index in [1.165, 1.54) is 11.8 Å². The van der Waals surface area contributed by atoms with Crippen LogP contribution >= 0.6 is 11.8 Å². The third-order valence-electron chi connectivity index (χ3n) is 4.51. The van der Waals surface area contributed by atoms with E-state index in [-0.39, 0.29) is 5.24 Å². The first-order valence-electron chi connectivity index (χ1n) is 10.0. The Bertz CT molecular complexity index is 896. The van der Waals surface area contributed by atoms with Crippen molar-refractivity contribution in [1.82, 2.24) is 10.2 Å². The van der Waals surface area contributed by atoms with Gasteiger partial charge in [0.15, 0.2) is 0 Å². The predicted molar refractivity (Wildman–Crippen MR) is 120 cm³/mol. The molecule has 2 amide bonds. The van der Waals surface area contributed by atoms with Crippen LogP contribution in [0.3, 0.4) is 0 Å². The van der Waals surface area contributed by atoms with Gasteiger partial charge in [-0.2, -0.15) is 0 Å². The van der Waals surface area contributed by atoms with Gasteiger partial charge in [-0.05, 0) is 48.9 Å². The van der Waals surface area contributed by atoms with Crippen molar-refractivity contribution in [2.45, 2.75) is 12.7 Å². The summed E-state index contributed by atoms with van der Waals surface area (Å²) in [5, 5.41) is 5.91. The molecule has 164 valence electrons. The highest BCUT2D eigenvalue weighted by Crippen LogP contribution is 2.20. The van der Waals surface area contributed by atoms with Crippen molar-refractivity contribution in [3.63, 3.8) is 0 Å². The molecule has 31 heavy (non-hydrogen) atoms. The quantitative estimate of drug-likeness (QED) is 0.657. The Hall–Kier alpha value is -3.04. The molecule has 1 aliphatic heterocycles. The van der Waals surface area contributed by atoms with Crippen LogP contribution in [0.2, 0.25) is 0 Å². The van der Waals surface area contributed by atoms with Crippen LogP contribution in [0.1, 0.15) is 22.8 Å². The molecule has 0 aromatic heterocycles. The zero-order valence-electron chi connectivity index (χ0n) is 17.3. The summed E-state index contributed by atoms with van der Waals surface area (Å²) in [6.07, 6.45) is -0.639. The smallest absolute Gasteiger partial charge is 0.417 e. The van der Waals surface area contributed by atoms with Gasteiger partial charge in [0.05, 0.1) is 12.2 Å². The van der Waals surface area contributed by atoms with Crippen molar-refractivity contribution in [2.75, 3.05) is 38.1 Å². The lowest BCUT2D eigenvalue weighted by Gasteiger charge is -2.26. The van der Waals surface area contributed by atoms with Crippen LogP contribution in [0.15, 0.2) is 48.5 Å². The number of esters is 1. The Labute approximate surface area is 185 Å². The van der Waals surface area contributed by atoms with Gasteiger partial charge in [-0.1, -0.05) is 23.9 Å². The normalized spacial score (nSPS) is 13.4. The van der Waals surface area contributed by atoms with Crippen molar-refractivity contribution in [1.29, 1.82) is 0 Å². The number of rotatable bonds is 6. The number of hydrogen-bond donors (Lipinski definition) is 2. The number of amides is 2. The van der Waals surface area contributed by atoms with E-state index in [1.54, 1.807) is 43.3 Å². The van der Waals surface area contributed by atoms with E-state index in [1.807, 2.05) is 17.0 Å². The van der Waals surface area contributed by atoms with Crippen LogP contribution in [0, 0.1) is 0 Å². The molecule has 0 bridgehead atoms. The van der Waals surface area contributed by atoms with Gasteiger partial charge < -0.3 is 19.7 Å². The molecule has 0 spiro atoms. The third-order valence-corrected chi connectivity index (χ3v) is 5.50. The Kier molecular flexibility index (Phi) is 8.31. The number of carbonyl (C=O) groups excluding carboxylic acids is 3. The van der Waals surface area contributed by atoms with Crippen LogP contribution in [0.4, 0.5) is 15.3 Å². The number of anilines is 1. The monoisotopic (exact) mass is 443 g/mol. The Morgan fingerprint density at radius 3 is 2.35 bits per heavy atom. The molecule has 0 unspecified atom stereocenters. The number of hydrogen-bond acceptors (Lipinski definition) is 7. The fourth-order valence-electron chi connectivity index (χ4n) is 2.89. The fourth-order valence-corrected chi connectivity index (χ4v) is 3.74. The number of carbonyl (C=O) groups is 3. The van der Waals surface area contributed by atoms with E-state index in [0.717, 1.165) is 31.7 Å². The van der Waals surface area contributed by atoms with Crippen LogP contribution in [-0.2, 0) is 10.5 Å². The van der Waals surface area contributed by atoms with Gasteiger partial charge in [-0.3, -0.25) is 10.1 Å². The first-order valence-corrected chi connectivity index (χ1v) is 11.0. The van der Waals surface area contributed by atoms with Crippen molar-refractivity contribution >= 4 is 34.8 Å². The summed E-state index contributed by atoms with van der Waals surface area (Å²) < 4.78 is 10.2. The van der Waals surface area contributed by atoms with Gasteiger partial charge in [0.1, 0.15) is 5.75 Å². The molecule has 2 aromatic rings. The molecule has 9 heteroatoms. The van der Waals surface area contributed by atoms with Gasteiger partial charge in [-0.25, -0.2) is 9.59 Å². The Balaban J connectivity index is 1.45. The summed E-state index contributed by atoms with van der Waals surface area (Å²) in [5.41, 5.74) is 1.87. The molecule has 3 rings (SSSR count). The minimum Gasteiger partial charge on any atom is -0.462 e. The SMILES string of the molecule is CCOC(=O)c1ccc(NC(=O)Oc2ccc(CSC(=O)N3CCNCC3)cc2)cc1. The van der Waals surface area contributed by atoms with Crippen molar-refractivity contribution in [3.8, 4) is 5.75 Å². The molecule has 0 aliphatic carbocycles. The lowest BCUT2D eigenvalue weighted by atomic mass is 10.2. The van der Waals surface area contributed by atoms with Gasteiger partial charge in [0.2, 0.25) is 0 Å². The minimum atomic E-state index is -0.639. The average Bonchev–Trinajstić information content (AvgIpc) is 2.79. The van der Waals surface area contributed by atoms with Crippen LogP contribution in [-0.4, -0.2) is 55.0 Å². The fraction of sp³-hybridized carbons (Fsp3) is 0.318. The molecule has 0 atom stereocenters. The number of piperazine rings is 1. The zero-order chi connectivity index (χ0) is 22.1. The summed E-state index contributed by atoms with van der Waals surface area (Å²) >= 11 is 1.27. The maximum Gasteiger partial charge on any atom is 0.417 e. The third kappa shape index (κ3) is 7.01. The maximum absolute atomic E-state index is 12.2. The van der Waals surface area contributed by atoms with Crippen LogP contribution in [0.25, 0.3) is 0 Å². The minimum absolute atomic E-state index is 0.0789. The molecule has 0 saturated carbocycles. The predicted octanol–water partition coefficient (Wildman–Crippen LogP) is 3.73. The van der Waals surface area contributed by atoms with Gasteiger partial charge in [0, 0.05) is 37.6 Å². The molecule has 1 saturated heterocycles. The molecule has 1 fully saturated rings. The number of nitrogens with one attached hydrogen (secondary N) is 2. The average molecular weight is 444 g/mol. The maximum atomic E-state index is 12.2. The van der Waals surface area contributed by atoms with Crippen molar-refractivity contribution in [3.05, 3.63) is 59.7 Å². The highest BCUT2D eigenvalue weighted by atomic mass is 32.2. The van der Waals surface area contributed by atoms with Crippen molar-refractivity contribution < 1.29 is 23.9 Å². The lowest BCUT2D eigenvalue weighted by Crippen LogP contribution is -2.45. The highest BCUT2D eigenvalue weighted by Gasteiger charge is 2.16. The van der Waals surface area contributed by atoms with E-state index >= 15 is 0 Å². The molecule has 0 radical (unpaired) electrons.